The number of rotatable bonds is 6. The molecular weight excluding hydrogens is 196 g/mol. The summed E-state index contributed by atoms with van der Waals surface area (Å²) in [6.45, 7) is 6.05. The average Bonchev–Trinajstić information content (AvgIpc) is 2.27. The first-order chi connectivity index (χ1) is 7.72. The van der Waals surface area contributed by atoms with E-state index < -0.39 is 0 Å². The molecule has 0 unspecified atom stereocenters. The van der Waals surface area contributed by atoms with E-state index >= 15 is 0 Å². The van der Waals surface area contributed by atoms with Gasteiger partial charge in [-0.2, -0.15) is 0 Å². The van der Waals surface area contributed by atoms with E-state index in [1.54, 1.807) is 0 Å². The minimum absolute atomic E-state index is 0.122. The van der Waals surface area contributed by atoms with E-state index in [9.17, 15) is 0 Å². The summed E-state index contributed by atoms with van der Waals surface area (Å²) in [6, 6.07) is 10.4. The Bertz CT molecular complexity index is 349. The van der Waals surface area contributed by atoms with E-state index in [2.05, 4.69) is 30.8 Å². The van der Waals surface area contributed by atoms with Gasteiger partial charge in [0.1, 0.15) is 0 Å². The first kappa shape index (κ1) is 12.7. The largest absolute Gasteiger partial charge is 0.392 e. The van der Waals surface area contributed by atoms with Crippen molar-refractivity contribution in [3.8, 4) is 0 Å². The number of hydrogen-bond acceptors (Lipinski definition) is 1. The van der Waals surface area contributed by atoms with Crippen molar-refractivity contribution in [2.75, 3.05) is 6.61 Å². The maximum absolute atomic E-state index is 8.94. The molecule has 0 saturated carbocycles. The molecule has 0 aliphatic heterocycles. The van der Waals surface area contributed by atoms with Crippen LogP contribution in [0.4, 0.5) is 0 Å². The molecule has 1 nitrogen and oxygen atoms in total. The third kappa shape index (κ3) is 4.94. The Hall–Kier alpha value is -1.34. The van der Waals surface area contributed by atoms with Crippen LogP contribution in [0.15, 0.2) is 54.1 Å². The van der Waals surface area contributed by atoms with Crippen molar-refractivity contribution in [1.82, 2.24) is 0 Å². The fourth-order valence-electron chi connectivity index (χ4n) is 1.73. The molecule has 0 atom stereocenters. The fourth-order valence-corrected chi connectivity index (χ4v) is 1.73. The molecule has 1 heteroatoms. The minimum atomic E-state index is 0.122. The summed E-state index contributed by atoms with van der Waals surface area (Å²) in [7, 11) is 0. The zero-order valence-electron chi connectivity index (χ0n) is 9.95. The predicted molar refractivity (Wildman–Crippen MR) is 69.4 cm³/mol. The molecule has 16 heavy (non-hydrogen) atoms. The summed E-state index contributed by atoms with van der Waals surface area (Å²) < 4.78 is 0. The lowest BCUT2D eigenvalue weighted by atomic mass is 9.99. The summed E-state index contributed by atoms with van der Waals surface area (Å²) in [5.41, 5.74) is 3.76. The average molecular weight is 216 g/mol. The van der Waals surface area contributed by atoms with Crippen molar-refractivity contribution in [3.63, 3.8) is 0 Å². The van der Waals surface area contributed by atoms with E-state index in [0.29, 0.717) is 0 Å². The second-order valence-electron chi connectivity index (χ2n) is 4.16. The van der Waals surface area contributed by atoms with E-state index in [4.69, 9.17) is 5.11 Å². The van der Waals surface area contributed by atoms with Gasteiger partial charge >= 0.3 is 0 Å². The van der Waals surface area contributed by atoms with Crippen molar-refractivity contribution in [2.24, 2.45) is 0 Å². The predicted octanol–water partition coefficient (Wildman–Crippen LogP) is 3.50. The Labute approximate surface area is 98.1 Å². The lowest BCUT2D eigenvalue weighted by molar-refractivity contribution is 0.341. The monoisotopic (exact) mass is 216 g/mol. The first-order valence-corrected chi connectivity index (χ1v) is 5.69. The topological polar surface area (TPSA) is 20.2 Å². The molecular formula is C15H20O. The fraction of sp³-hybridized carbons (Fsp3) is 0.333. The van der Waals surface area contributed by atoms with Crippen LogP contribution in [-0.2, 0) is 6.42 Å². The zero-order valence-corrected chi connectivity index (χ0v) is 9.95. The highest BCUT2D eigenvalue weighted by Crippen LogP contribution is 2.15. The molecule has 0 bridgehead atoms. The van der Waals surface area contributed by atoms with Crippen LogP contribution in [0, 0.1) is 0 Å². The van der Waals surface area contributed by atoms with Gasteiger partial charge in [-0.1, -0.05) is 54.1 Å². The summed E-state index contributed by atoms with van der Waals surface area (Å²) >= 11 is 0. The van der Waals surface area contributed by atoms with E-state index in [0.717, 1.165) is 24.8 Å². The molecule has 86 valence electrons. The van der Waals surface area contributed by atoms with Crippen molar-refractivity contribution in [1.29, 1.82) is 0 Å². The van der Waals surface area contributed by atoms with Crippen molar-refractivity contribution in [3.05, 3.63) is 59.7 Å². The summed E-state index contributed by atoms with van der Waals surface area (Å²) in [5, 5.41) is 8.94. The number of allylic oxidation sites excluding steroid dienone is 2. The SMILES string of the molecule is C=C(C)C/C(=C\CO)CCc1ccccc1. The van der Waals surface area contributed by atoms with E-state index in [1.807, 2.05) is 19.1 Å². The van der Waals surface area contributed by atoms with Crippen LogP contribution < -0.4 is 0 Å². The number of aliphatic hydroxyl groups excluding tert-OH is 1. The van der Waals surface area contributed by atoms with Gasteiger partial charge in [0.15, 0.2) is 0 Å². The molecule has 0 aliphatic carbocycles. The van der Waals surface area contributed by atoms with Crippen molar-refractivity contribution >= 4 is 0 Å². The van der Waals surface area contributed by atoms with Crippen LogP contribution in [0.5, 0.6) is 0 Å². The number of aryl methyl sites for hydroxylation is 1. The molecule has 1 aromatic carbocycles. The maximum Gasteiger partial charge on any atom is 0.0615 e. The highest BCUT2D eigenvalue weighted by molar-refractivity contribution is 5.18. The number of hydrogen-bond donors (Lipinski definition) is 1. The van der Waals surface area contributed by atoms with Crippen LogP contribution in [0.3, 0.4) is 0 Å². The number of benzene rings is 1. The smallest absolute Gasteiger partial charge is 0.0615 e. The van der Waals surface area contributed by atoms with Gasteiger partial charge in [0.05, 0.1) is 6.61 Å². The molecule has 1 rings (SSSR count). The van der Waals surface area contributed by atoms with Crippen LogP contribution in [0.2, 0.25) is 0 Å². The highest BCUT2D eigenvalue weighted by Gasteiger charge is 1.99. The Morgan fingerprint density at radius 1 is 1.31 bits per heavy atom. The van der Waals surface area contributed by atoms with Gasteiger partial charge in [-0.25, -0.2) is 0 Å². The number of aliphatic hydroxyl groups is 1. The normalized spacial score (nSPS) is 11.5. The van der Waals surface area contributed by atoms with Crippen LogP contribution >= 0.6 is 0 Å². The van der Waals surface area contributed by atoms with Crippen LogP contribution in [-0.4, -0.2) is 11.7 Å². The van der Waals surface area contributed by atoms with Crippen LogP contribution in [0.25, 0.3) is 0 Å². The summed E-state index contributed by atoms with van der Waals surface area (Å²) in [6.07, 6.45) is 4.82. The molecule has 0 heterocycles. The van der Waals surface area contributed by atoms with Gasteiger partial charge in [0.2, 0.25) is 0 Å². The van der Waals surface area contributed by atoms with E-state index in [-0.39, 0.29) is 6.61 Å². The van der Waals surface area contributed by atoms with Crippen molar-refractivity contribution in [2.45, 2.75) is 26.2 Å². The molecule has 1 aromatic rings. The quantitative estimate of drug-likeness (QED) is 0.721. The van der Waals surface area contributed by atoms with Gasteiger partial charge in [-0.3, -0.25) is 0 Å². The first-order valence-electron chi connectivity index (χ1n) is 5.69. The maximum atomic E-state index is 8.94. The Balaban J connectivity index is 2.50. The second-order valence-corrected chi connectivity index (χ2v) is 4.16. The molecule has 0 spiro atoms. The van der Waals surface area contributed by atoms with Gasteiger partial charge in [-0.05, 0) is 31.7 Å². The van der Waals surface area contributed by atoms with Gasteiger partial charge < -0.3 is 5.11 Å². The lowest BCUT2D eigenvalue weighted by Gasteiger charge is -2.07. The third-order valence-electron chi connectivity index (χ3n) is 2.49. The summed E-state index contributed by atoms with van der Waals surface area (Å²) in [5.74, 6) is 0. The van der Waals surface area contributed by atoms with Gasteiger partial charge in [0, 0.05) is 0 Å². The Kier molecular flexibility index (Phi) is 5.58. The zero-order chi connectivity index (χ0) is 11.8. The Morgan fingerprint density at radius 2 is 2.00 bits per heavy atom. The van der Waals surface area contributed by atoms with Gasteiger partial charge in [-0.15, -0.1) is 0 Å². The molecule has 1 N–H and O–H groups in total. The summed E-state index contributed by atoms with van der Waals surface area (Å²) in [4.78, 5) is 0. The molecule has 0 amide bonds. The molecule has 0 saturated heterocycles. The molecule has 0 aliphatic rings. The minimum Gasteiger partial charge on any atom is -0.392 e. The third-order valence-corrected chi connectivity index (χ3v) is 2.49. The molecule has 0 radical (unpaired) electrons. The molecule has 0 aromatic heterocycles. The second kappa shape index (κ2) is 7.02. The van der Waals surface area contributed by atoms with E-state index in [1.165, 1.54) is 11.1 Å². The Morgan fingerprint density at radius 3 is 2.56 bits per heavy atom. The standard InChI is InChI=1S/C15H20O/c1-13(2)12-15(10-11-16)9-8-14-6-4-3-5-7-14/h3-7,10,16H,1,8-9,11-12H2,2H3/b15-10-. The van der Waals surface area contributed by atoms with Crippen LogP contribution in [0.1, 0.15) is 25.3 Å². The van der Waals surface area contributed by atoms with Crippen molar-refractivity contribution < 1.29 is 5.11 Å². The molecule has 0 fully saturated rings. The highest BCUT2D eigenvalue weighted by atomic mass is 16.2. The lowest BCUT2D eigenvalue weighted by Crippen LogP contribution is -1.92. The van der Waals surface area contributed by atoms with Gasteiger partial charge in [0.25, 0.3) is 0 Å².